The maximum absolute atomic E-state index is 13.6. The molecule has 1 saturated heterocycles. The Balaban J connectivity index is 1.33. The van der Waals surface area contributed by atoms with E-state index in [0.29, 0.717) is 49.5 Å². The summed E-state index contributed by atoms with van der Waals surface area (Å²) in [5.74, 6) is 0.462. The molecule has 0 radical (unpaired) electrons. The summed E-state index contributed by atoms with van der Waals surface area (Å²) in [7, 11) is 0. The Bertz CT molecular complexity index is 1700. The fraction of sp³-hybridized carbons (Fsp3) is 0.400. The lowest BCUT2D eigenvalue weighted by Gasteiger charge is -2.42. The van der Waals surface area contributed by atoms with Gasteiger partial charge in [0.25, 0.3) is 0 Å². The second-order valence-electron chi connectivity index (χ2n) is 11.1. The quantitative estimate of drug-likeness (QED) is 0.335. The predicted octanol–water partition coefficient (Wildman–Crippen LogP) is 5.72. The van der Waals surface area contributed by atoms with E-state index in [1.807, 2.05) is 25.1 Å². The molecular weight excluding hydrogens is 531 g/mol. The smallest absolute Gasteiger partial charge is 0.365 e. The molecule has 1 amide bonds. The van der Waals surface area contributed by atoms with Gasteiger partial charge in [-0.3, -0.25) is 4.79 Å². The topological polar surface area (TPSA) is 89.6 Å². The lowest BCUT2D eigenvalue weighted by molar-refractivity contribution is -0.138. The van der Waals surface area contributed by atoms with Crippen molar-refractivity contribution in [2.24, 2.45) is 5.41 Å². The van der Waals surface area contributed by atoms with Crippen molar-refractivity contribution in [2.75, 3.05) is 29.9 Å². The monoisotopic (exact) mass is 561 g/mol. The van der Waals surface area contributed by atoms with E-state index in [0.717, 1.165) is 22.5 Å². The Morgan fingerprint density at radius 2 is 1.98 bits per heavy atom. The Labute approximate surface area is 235 Å². The summed E-state index contributed by atoms with van der Waals surface area (Å²) in [5.41, 5.74) is 0.859. The first-order chi connectivity index (χ1) is 19.5. The maximum Gasteiger partial charge on any atom is 0.416 e. The second kappa shape index (κ2) is 9.65. The lowest BCUT2D eigenvalue weighted by Crippen LogP contribution is -2.55. The first-order valence-corrected chi connectivity index (χ1v) is 13.7. The standard InChI is InChI=1S/C30H30F3N7O/c1-18-16-38(28(41)29(17-34)9-10-29)13-14-39(18)21-7-8-23-24(15-21)26(37-40-12-11-35-27(23)40)36-20(3)22-5-4-6-25(19(22)2)30(31,32)33/h4-8,11-12,15,18,20H,9-10,13-14,16H2,1-3H3,(H,36,37)/t18-,20+/m0/s1. The summed E-state index contributed by atoms with van der Waals surface area (Å²) in [6.45, 7) is 7.04. The van der Waals surface area contributed by atoms with Crippen molar-refractivity contribution < 1.29 is 18.0 Å². The number of carbonyl (C=O) groups excluding carboxylic acids is 1. The number of halogens is 3. The molecule has 0 bridgehead atoms. The average Bonchev–Trinajstić information content (AvgIpc) is 3.61. The van der Waals surface area contributed by atoms with Crippen LogP contribution in [0.25, 0.3) is 16.4 Å². The van der Waals surface area contributed by atoms with Crippen LogP contribution in [0.3, 0.4) is 0 Å². The van der Waals surface area contributed by atoms with Crippen molar-refractivity contribution in [1.29, 1.82) is 5.26 Å². The SMILES string of the molecule is Cc1c([C@@H](C)Nc2nn3ccnc3c3ccc(N4CCN(C(=O)C5(C#N)CC5)C[C@@H]4C)cc23)cccc1C(F)(F)F. The molecule has 2 atom stereocenters. The summed E-state index contributed by atoms with van der Waals surface area (Å²) < 4.78 is 42.4. The number of alkyl halides is 3. The number of fused-ring (bicyclic) bond motifs is 3. The zero-order valence-corrected chi connectivity index (χ0v) is 23.0. The van der Waals surface area contributed by atoms with E-state index in [1.54, 1.807) is 27.9 Å². The van der Waals surface area contributed by atoms with E-state index >= 15 is 0 Å². The molecule has 1 N–H and O–H groups in total. The van der Waals surface area contributed by atoms with Gasteiger partial charge in [0.15, 0.2) is 11.5 Å². The molecule has 2 fully saturated rings. The van der Waals surface area contributed by atoms with Crippen molar-refractivity contribution in [3.63, 3.8) is 0 Å². The number of imidazole rings is 1. The minimum absolute atomic E-state index is 0.0193. The Hall–Kier alpha value is -4.33. The lowest BCUT2D eigenvalue weighted by atomic mass is 9.97. The number of hydrogen-bond donors (Lipinski definition) is 1. The van der Waals surface area contributed by atoms with Gasteiger partial charge in [-0.25, -0.2) is 9.50 Å². The number of rotatable bonds is 5. The number of amides is 1. The summed E-state index contributed by atoms with van der Waals surface area (Å²) >= 11 is 0. The fourth-order valence-corrected chi connectivity index (χ4v) is 5.98. The number of piperazine rings is 1. The number of nitriles is 1. The van der Waals surface area contributed by atoms with Gasteiger partial charge in [0.2, 0.25) is 5.91 Å². The maximum atomic E-state index is 13.6. The molecule has 2 aromatic heterocycles. The Kier molecular flexibility index (Phi) is 6.32. The second-order valence-corrected chi connectivity index (χ2v) is 11.1. The highest BCUT2D eigenvalue weighted by Crippen LogP contribution is 2.47. The van der Waals surface area contributed by atoms with Crippen molar-refractivity contribution in [3.8, 4) is 6.07 Å². The summed E-state index contributed by atoms with van der Waals surface area (Å²) in [6, 6.07) is 12.0. The molecule has 0 unspecified atom stereocenters. The van der Waals surface area contributed by atoms with Gasteiger partial charge in [-0.15, -0.1) is 5.10 Å². The highest BCUT2D eigenvalue weighted by molar-refractivity contribution is 6.02. The fourth-order valence-electron chi connectivity index (χ4n) is 5.98. The van der Waals surface area contributed by atoms with Gasteiger partial charge in [0.1, 0.15) is 5.41 Å². The average molecular weight is 562 g/mol. The molecule has 2 aromatic carbocycles. The molecule has 6 rings (SSSR count). The minimum atomic E-state index is -4.44. The van der Waals surface area contributed by atoms with Crippen LogP contribution in [0.15, 0.2) is 48.8 Å². The van der Waals surface area contributed by atoms with E-state index in [4.69, 9.17) is 5.10 Å². The van der Waals surface area contributed by atoms with Crippen LogP contribution in [0.5, 0.6) is 0 Å². The summed E-state index contributed by atoms with van der Waals surface area (Å²) in [6.07, 6.45) is 0.219. The van der Waals surface area contributed by atoms with Gasteiger partial charge in [-0.1, -0.05) is 12.1 Å². The third-order valence-electron chi connectivity index (χ3n) is 8.45. The van der Waals surface area contributed by atoms with Crippen LogP contribution in [0.4, 0.5) is 24.7 Å². The molecule has 3 heterocycles. The van der Waals surface area contributed by atoms with Crippen LogP contribution < -0.4 is 10.2 Å². The van der Waals surface area contributed by atoms with E-state index in [-0.39, 0.29) is 17.5 Å². The van der Waals surface area contributed by atoms with Gasteiger partial charge in [-0.05, 0) is 69.0 Å². The normalized spacial score (nSPS) is 19.3. The van der Waals surface area contributed by atoms with Gasteiger partial charge in [0.05, 0.1) is 17.7 Å². The number of aromatic nitrogens is 3. The first-order valence-electron chi connectivity index (χ1n) is 13.7. The van der Waals surface area contributed by atoms with Crippen LogP contribution >= 0.6 is 0 Å². The number of nitrogens with one attached hydrogen (secondary N) is 1. The highest BCUT2D eigenvalue weighted by Gasteiger charge is 2.53. The minimum Gasteiger partial charge on any atom is -0.365 e. The molecule has 4 aromatic rings. The van der Waals surface area contributed by atoms with Crippen molar-refractivity contribution >= 4 is 33.8 Å². The highest BCUT2D eigenvalue weighted by atomic mass is 19.4. The van der Waals surface area contributed by atoms with Crippen molar-refractivity contribution in [2.45, 2.75) is 51.9 Å². The molecule has 2 aliphatic rings. The van der Waals surface area contributed by atoms with E-state index < -0.39 is 23.2 Å². The van der Waals surface area contributed by atoms with Gasteiger partial charge in [-0.2, -0.15) is 18.4 Å². The first kappa shape index (κ1) is 26.9. The van der Waals surface area contributed by atoms with Crippen LogP contribution in [0.2, 0.25) is 0 Å². The van der Waals surface area contributed by atoms with E-state index in [1.165, 1.54) is 13.0 Å². The zero-order chi connectivity index (χ0) is 29.1. The van der Waals surface area contributed by atoms with Crippen LogP contribution in [0, 0.1) is 23.7 Å². The third-order valence-corrected chi connectivity index (χ3v) is 8.45. The van der Waals surface area contributed by atoms with E-state index in [2.05, 4.69) is 28.2 Å². The van der Waals surface area contributed by atoms with Gasteiger partial charge >= 0.3 is 6.18 Å². The van der Waals surface area contributed by atoms with Crippen LogP contribution in [-0.2, 0) is 11.0 Å². The molecule has 0 spiro atoms. The number of carbonyl (C=O) groups is 1. The summed E-state index contributed by atoms with van der Waals surface area (Å²) in [5, 5.41) is 19.2. The van der Waals surface area contributed by atoms with Crippen molar-refractivity contribution in [3.05, 3.63) is 65.5 Å². The van der Waals surface area contributed by atoms with Crippen LogP contribution in [0.1, 0.15) is 49.4 Å². The van der Waals surface area contributed by atoms with Gasteiger partial charge in [0, 0.05) is 54.5 Å². The molecule has 212 valence electrons. The molecule has 41 heavy (non-hydrogen) atoms. The molecular formula is C30H30F3N7O. The predicted molar refractivity (Wildman–Crippen MR) is 149 cm³/mol. The number of nitrogens with zero attached hydrogens (tertiary/aromatic N) is 6. The molecule has 11 heteroatoms. The number of hydrogen-bond acceptors (Lipinski definition) is 6. The largest absolute Gasteiger partial charge is 0.416 e. The number of benzene rings is 2. The van der Waals surface area contributed by atoms with Crippen LogP contribution in [-0.4, -0.2) is 51.1 Å². The third kappa shape index (κ3) is 4.61. The number of anilines is 2. The molecule has 1 aliphatic heterocycles. The molecule has 1 aliphatic carbocycles. The Morgan fingerprint density at radius 1 is 1.20 bits per heavy atom. The molecule has 1 saturated carbocycles. The molecule has 8 nitrogen and oxygen atoms in total. The van der Waals surface area contributed by atoms with Gasteiger partial charge < -0.3 is 15.1 Å². The Morgan fingerprint density at radius 3 is 2.66 bits per heavy atom. The van der Waals surface area contributed by atoms with E-state index in [9.17, 15) is 23.2 Å². The zero-order valence-electron chi connectivity index (χ0n) is 23.0. The van der Waals surface area contributed by atoms with Crippen molar-refractivity contribution in [1.82, 2.24) is 19.5 Å². The summed E-state index contributed by atoms with van der Waals surface area (Å²) in [4.78, 5) is 21.4.